The molecule has 0 bridgehead atoms. The fourth-order valence-corrected chi connectivity index (χ4v) is 5.46. The number of benzene rings is 3. The first-order valence-electron chi connectivity index (χ1n) is 11.5. The highest BCUT2D eigenvalue weighted by Crippen LogP contribution is 2.52. The van der Waals surface area contributed by atoms with Crippen LogP contribution in [0, 0.1) is 5.82 Å². The Kier molecular flexibility index (Phi) is 4.64. The minimum Gasteiger partial charge on any atom is -0.450 e. The smallest absolute Gasteiger partial charge is 0.291 e. The van der Waals surface area contributed by atoms with Gasteiger partial charge >= 0.3 is 0 Å². The van der Waals surface area contributed by atoms with E-state index in [2.05, 4.69) is 0 Å². The Bertz CT molecular complexity index is 1580. The highest BCUT2D eigenvalue weighted by Gasteiger charge is 2.64. The zero-order valence-corrected chi connectivity index (χ0v) is 19.0. The van der Waals surface area contributed by atoms with Crippen LogP contribution in [0.1, 0.15) is 34.2 Å². The first-order chi connectivity index (χ1) is 17.0. The summed E-state index contributed by atoms with van der Waals surface area (Å²) in [5.74, 6) is -1.68. The highest BCUT2D eigenvalue weighted by molar-refractivity contribution is 6.17. The number of likely N-dealkylation sites (N-methyl/N-ethyl adjacent to an activating group) is 1. The molecule has 6 nitrogen and oxygen atoms in total. The second kappa shape index (κ2) is 7.63. The predicted octanol–water partition coefficient (Wildman–Crippen LogP) is 4.24. The van der Waals surface area contributed by atoms with E-state index in [0.717, 1.165) is 11.6 Å². The van der Waals surface area contributed by atoms with Gasteiger partial charge in [0.15, 0.2) is 11.0 Å². The number of carbonyl (C=O) groups is 2. The van der Waals surface area contributed by atoms with Crippen LogP contribution in [-0.2, 0) is 16.8 Å². The molecule has 0 fully saturated rings. The number of carbonyl (C=O) groups excluding carboxylic acids is 2. The van der Waals surface area contributed by atoms with E-state index in [1.807, 2.05) is 49.4 Å². The number of amides is 2. The number of halogens is 1. The minimum atomic E-state index is -1.67. The van der Waals surface area contributed by atoms with Crippen molar-refractivity contribution in [3.63, 3.8) is 0 Å². The van der Waals surface area contributed by atoms with Gasteiger partial charge in [-0.15, -0.1) is 0 Å². The van der Waals surface area contributed by atoms with Crippen molar-refractivity contribution in [3.8, 4) is 0 Å². The van der Waals surface area contributed by atoms with Crippen molar-refractivity contribution in [3.05, 3.63) is 111 Å². The van der Waals surface area contributed by atoms with Crippen LogP contribution in [0.4, 0.5) is 10.1 Å². The summed E-state index contributed by atoms with van der Waals surface area (Å²) in [6.45, 7) is 2.40. The fraction of sp³-hybridized carbons (Fsp3) is 0.179. The van der Waals surface area contributed by atoms with E-state index in [9.17, 15) is 18.8 Å². The Hall–Kier alpha value is -4.26. The molecular formula is C28H21FN2O4. The molecule has 3 aromatic carbocycles. The summed E-state index contributed by atoms with van der Waals surface area (Å²) in [5, 5.41) is 0.000985. The van der Waals surface area contributed by atoms with Crippen LogP contribution in [0.3, 0.4) is 0 Å². The average molecular weight is 468 g/mol. The second-order valence-electron chi connectivity index (χ2n) is 8.75. The van der Waals surface area contributed by atoms with E-state index in [1.165, 1.54) is 17.0 Å². The molecule has 2 aliphatic rings. The fourth-order valence-electron chi connectivity index (χ4n) is 5.46. The standard InChI is InChI=1S/C28H21FN2O4/c1-2-30-21-11-7-6-10-20(21)28(27(30)34)23-24(32)19-16-18(29)12-13-22(19)35-25(23)26(33)31(28)15-14-17-8-4-3-5-9-17/h3-13,16H,2,14-15H2,1H3. The number of hydrogen-bond acceptors (Lipinski definition) is 4. The summed E-state index contributed by atoms with van der Waals surface area (Å²) in [4.78, 5) is 44.9. The third-order valence-corrected chi connectivity index (χ3v) is 6.98. The summed E-state index contributed by atoms with van der Waals surface area (Å²) in [6, 6.07) is 20.4. The number of fused-ring (bicyclic) bond motifs is 5. The van der Waals surface area contributed by atoms with Gasteiger partial charge in [0.25, 0.3) is 11.8 Å². The van der Waals surface area contributed by atoms with Crippen LogP contribution in [0.15, 0.2) is 82.0 Å². The lowest BCUT2D eigenvalue weighted by Crippen LogP contribution is -2.54. The molecule has 0 saturated carbocycles. The lowest BCUT2D eigenvalue weighted by atomic mass is 9.83. The average Bonchev–Trinajstić information content (AvgIpc) is 3.27. The van der Waals surface area contributed by atoms with Crippen LogP contribution in [-0.4, -0.2) is 29.8 Å². The minimum absolute atomic E-state index is 0.000985. The summed E-state index contributed by atoms with van der Waals surface area (Å²) in [5.41, 5.74) is 0.00631. The molecule has 7 heteroatoms. The molecule has 35 heavy (non-hydrogen) atoms. The number of rotatable bonds is 4. The van der Waals surface area contributed by atoms with Crippen LogP contribution >= 0.6 is 0 Å². The molecule has 2 amide bonds. The maximum absolute atomic E-state index is 14.2. The van der Waals surface area contributed by atoms with Crippen LogP contribution in [0.2, 0.25) is 0 Å². The van der Waals surface area contributed by atoms with Gasteiger partial charge in [0.05, 0.1) is 16.6 Å². The molecule has 6 rings (SSSR count). The van der Waals surface area contributed by atoms with Gasteiger partial charge < -0.3 is 14.2 Å². The number of para-hydroxylation sites is 1. The Balaban J connectivity index is 1.65. The SMILES string of the molecule is CCN1C(=O)C2(c3ccccc31)c1c(oc3ccc(F)cc3c1=O)C(=O)N2CCc1ccccc1. The molecule has 1 spiro atoms. The predicted molar refractivity (Wildman–Crippen MR) is 129 cm³/mol. The van der Waals surface area contributed by atoms with Crippen LogP contribution in [0.25, 0.3) is 11.0 Å². The van der Waals surface area contributed by atoms with Gasteiger partial charge in [-0.2, -0.15) is 0 Å². The molecule has 0 radical (unpaired) electrons. The van der Waals surface area contributed by atoms with Gasteiger partial charge in [-0.05, 0) is 43.2 Å². The largest absolute Gasteiger partial charge is 0.450 e. The Morgan fingerprint density at radius 3 is 2.46 bits per heavy atom. The van der Waals surface area contributed by atoms with Gasteiger partial charge in [-0.3, -0.25) is 14.4 Å². The van der Waals surface area contributed by atoms with Crippen molar-refractivity contribution in [2.24, 2.45) is 0 Å². The zero-order chi connectivity index (χ0) is 24.3. The first-order valence-corrected chi connectivity index (χ1v) is 11.5. The normalized spacial score (nSPS) is 18.6. The molecule has 0 N–H and O–H groups in total. The second-order valence-corrected chi connectivity index (χ2v) is 8.75. The molecule has 2 aliphatic heterocycles. The topological polar surface area (TPSA) is 70.8 Å². The number of anilines is 1. The third kappa shape index (κ3) is 2.78. The maximum Gasteiger partial charge on any atom is 0.291 e. The van der Waals surface area contributed by atoms with Crippen molar-refractivity contribution in [2.45, 2.75) is 18.9 Å². The first kappa shape index (κ1) is 21.3. The lowest BCUT2D eigenvalue weighted by Gasteiger charge is -2.34. The van der Waals surface area contributed by atoms with Gasteiger partial charge in [0.1, 0.15) is 11.4 Å². The van der Waals surface area contributed by atoms with Crippen LogP contribution < -0.4 is 10.3 Å². The van der Waals surface area contributed by atoms with Gasteiger partial charge in [0, 0.05) is 18.7 Å². The molecule has 174 valence electrons. The molecular weight excluding hydrogens is 447 g/mol. The van der Waals surface area contributed by atoms with Crippen molar-refractivity contribution in [2.75, 3.05) is 18.0 Å². The molecule has 0 saturated heterocycles. The molecule has 3 heterocycles. The maximum atomic E-state index is 14.2. The molecule has 1 aromatic heterocycles. The van der Waals surface area contributed by atoms with E-state index in [-0.39, 0.29) is 34.7 Å². The van der Waals surface area contributed by atoms with Crippen molar-refractivity contribution >= 4 is 28.5 Å². The molecule has 1 unspecified atom stereocenters. The highest BCUT2D eigenvalue weighted by atomic mass is 19.1. The van der Waals surface area contributed by atoms with E-state index in [4.69, 9.17) is 4.42 Å². The molecule has 4 aromatic rings. The van der Waals surface area contributed by atoms with Gasteiger partial charge in [0.2, 0.25) is 5.76 Å². The van der Waals surface area contributed by atoms with Crippen molar-refractivity contribution < 1.29 is 18.4 Å². The van der Waals surface area contributed by atoms with Gasteiger partial charge in [-0.1, -0.05) is 48.5 Å². The molecule has 1 atom stereocenters. The summed E-state index contributed by atoms with van der Waals surface area (Å²) < 4.78 is 20.0. The number of hydrogen-bond donors (Lipinski definition) is 0. The lowest BCUT2D eigenvalue weighted by molar-refractivity contribution is -0.126. The number of nitrogens with zero attached hydrogens (tertiary/aromatic N) is 2. The quantitative estimate of drug-likeness (QED) is 0.449. The Morgan fingerprint density at radius 2 is 1.69 bits per heavy atom. The summed E-state index contributed by atoms with van der Waals surface area (Å²) in [6.07, 6.45) is 0.478. The molecule has 0 aliphatic carbocycles. The Morgan fingerprint density at radius 1 is 0.943 bits per heavy atom. The van der Waals surface area contributed by atoms with E-state index >= 15 is 0 Å². The van der Waals surface area contributed by atoms with Crippen LogP contribution in [0.5, 0.6) is 0 Å². The Labute approximate surface area is 200 Å². The summed E-state index contributed by atoms with van der Waals surface area (Å²) >= 11 is 0. The summed E-state index contributed by atoms with van der Waals surface area (Å²) in [7, 11) is 0. The van der Waals surface area contributed by atoms with E-state index < -0.39 is 22.7 Å². The van der Waals surface area contributed by atoms with Gasteiger partial charge in [-0.25, -0.2) is 4.39 Å². The van der Waals surface area contributed by atoms with E-state index in [0.29, 0.717) is 24.2 Å². The van der Waals surface area contributed by atoms with Crippen molar-refractivity contribution in [1.29, 1.82) is 0 Å². The van der Waals surface area contributed by atoms with E-state index in [1.54, 1.807) is 17.0 Å². The zero-order valence-electron chi connectivity index (χ0n) is 19.0. The van der Waals surface area contributed by atoms with Crippen molar-refractivity contribution in [1.82, 2.24) is 4.90 Å². The third-order valence-electron chi connectivity index (χ3n) is 6.98. The monoisotopic (exact) mass is 468 g/mol.